The Morgan fingerprint density at radius 2 is 2.17 bits per heavy atom. The van der Waals surface area contributed by atoms with Crippen LogP contribution in [0.3, 0.4) is 0 Å². The van der Waals surface area contributed by atoms with Gasteiger partial charge in [0.2, 0.25) is 0 Å². The van der Waals surface area contributed by atoms with Crippen molar-refractivity contribution in [2.24, 2.45) is 0 Å². The highest BCUT2D eigenvalue weighted by atomic mass is 16.4. The fraction of sp³-hybridized carbons (Fsp3) is 0.417. The number of fused-ring (bicyclic) bond motifs is 1. The van der Waals surface area contributed by atoms with Gasteiger partial charge in [0, 0.05) is 17.8 Å². The summed E-state index contributed by atoms with van der Waals surface area (Å²) in [5, 5.41) is 11.6. The van der Waals surface area contributed by atoms with E-state index in [0.717, 1.165) is 5.56 Å². The fourth-order valence-corrected chi connectivity index (χ4v) is 1.83. The zero-order valence-corrected chi connectivity index (χ0v) is 10.5. The minimum atomic E-state index is -1.00. The molecule has 6 heteroatoms. The van der Waals surface area contributed by atoms with Crippen molar-refractivity contribution in [1.82, 2.24) is 14.6 Å². The number of nitrogens with zero attached hydrogens (tertiary/aromatic N) is 2. The molecule has 2 rings (SSSR count). The Kier molecular flexibility index (Phi) is 2.73. The summed E-state index contributed by atoms with van der Waals surface area (Å²) in [4.78, 5) is 26.8. The van der Waals surface area contributed by atoms with Gasteiger partial charge in [-0.3, -0.25) is 14.7 Å². The van der Waals surface area contributed by atoms with E-state index in [-0.39, 0.29) is 23.1 Å². The van der Waals surface area contributed by atoms with Crippen molar-refractivity contribution in [3.63, 3.8) is 0 Å². The summed E-state index contributed by atoms with van der Waals surface area (Å²) in [5.74, 6) is -1.00. The third kappa shape index (κ3) is 2.13. The largest absolute Gasteiger partial charge is 0.481 e. The van der Waals surface area contributed by atoms with Gasteiger partial charge in [-0.15, -0.1) is 0 Å². The molecule has 6 nitrogen and oxygen atoms in total. The van der Waals surface area contributed by atoms with E-state index in [1.807, 2.05) is 20.8 Å². The number of aromatic amines is 1. The highest BCUT2D eigenvalue weighted by molar-refractivity contribution is 5.69. The van der Waals surface area contributed by atoms with E-state index in [0.29, 0.717) is 5.65 Å². The molecule has 96 valence electrons. The highest BCUT2D eigenvalue weighted by Gasteiger charge is 2.20. The quantitative estimate of drug-likeness (QED) is 0.829. The van der Waals surface area contributed by atoms with Crippen LogP contribution in [-0.2, 0) is 16.6 Å². The first-order valence-electron chi connectivity index (χ1n) is 5.61. The molecule has 0 amide bonds. The molecule has 0 bridgehead atoms. The Hall–Kier alpha value is -2.11. The molecule has 0 aromatic carbocycles. The van der Waals surface area contributed by atoms with Crippen molar-refractivity contribution in [3.8, 4) is 0 Å². The minimum absolute atomic E-state index is 0.174. The van der Waals surface area contributed by atoms with Crippen molar-refractivity contribution in [3.05, 3.63) is 33.9 Å². The maximum Gasteiger partial charge on any atom is 0.309 e. The molecular weight excluding hydrogens is 234 g/mol. The number of hydrogen-bond donors (Lipinski definition) is 2. The van der Waals surface area contributed by atoms with Gasteiger partial charge in [0.15, 0.2) is 5.65 Å². The van der Waals surface area contributed by atoms with Crippen molar-refractivity contribution in [1.29, 1.82) is 0 Å². The van der Waals surface area contributed by atoms with Crippen LogP contribution in [0.5, 0.6) is 0 Å². The summed E-state index contributed by atoms with van der Waals surface area (Å²) in [5.41, 5.74) is 1.18. The number of carboxylic acid groups (broad SMARTS) is 1. The second-order valence-corrected chi connectivity index (χ2v) is 5.25. The van der Waals surface area contributed by atoms with Gasteiger partial charge in [-0.1, -0.05) is 20.8 Å². The van der Waals surface area contributed by atoms with Gasteiger partial charge in [0.25, 0.3) is 5.56 Å². The minimum Gasteiger partial charge on any atom is -0.481 e. The maximum absolute atomic E-state index is 11.8. The molecule has 0 fully saturated rings. The van der Waals surface area contributed by atoms with Gasteiger partial charge < -0.3 is 5.11 Å². The van der Waals surface area contributed by atoms with E-state index in [1.165, 1.54) is 10.6 Å². The lowest BCUT2D eigenvalue weighted by molar-refractivity contribution is -0.136. The second-order valence-electron chi connectivity index (χ2n) is 5.25. The average Bonchev–Trinajstić information content (AvgIpc) is 2.59. The number of carboxylic acids is 1. The highest BCUT2D eigenvalue weighted by Crippen LogP contribution is 2.24. The first-order valence-corrected chi connectivity index (χ1v) is 5.61. The molecule has 2 aromatic rings. The van der Waals surface area contributed by atoms with Crippen LogP contribution in [0.15, 0.2) is 17.1 Å². The fourth-order valence-electron chi connectivity index (χ4n) is 1.83. The summed E-state index contributed by atoms with van der Waals surface area (Å²) >= 11 is 0. The Morgan fingerprint density at radius 3 is 2.72 bits per heavy atom. The van der Waals surface area contributed by atoms with Crippen LogP contribution < -0.4 is 5.56 Å². The van der Waals surface area contributed by atoms with Crippen LogP contribution in [0.2, 0.25) is 0 Å². The van der Waals surface area contributed by atoms with E-state index in [4.69, 9.17) is 5.11 Å². The number of aliphatic carboxylic acids is 1. The van der Waals surface area contributed by atoms with Crippen LogP contribution in [0.4, 0.5) is 0 Å². The molecule has 0 spiro atoms. The third-order valence-electron chi connectivity index (χ3n) is 2.69. The second kappa shape index (κ2) is 3.97. The lowest BCUT2D eigenvalue weighted by atomic mass is 9.89. The molecule has 0 aliphatic heterocycles. The summed E-state index contributed by atoms with van der Waals surface area (Å²) in [7, 11) is 0. The first kappa shape index (κ1) is 12.3. The van der Waals surface area contributed by atoms with Crippen LogP contribution in [0.25, 0.3) is 5.65 Å². The number of hydrogen-bond acceptors (Lipinski definition) is 3. The third-order valence-corrected chi connectivity index (χ3v) is 2.69. The van der Waals surface area contributed by atoms with Gasteiger partial charge >= 0.3 is 5.97 Å². The molecule has 0 aliphatic carbocycles. The smallest absolute Gasteiger partial charge is 0.309 e. The zero-order valence-electron chi connectivity index (χ0n) is 10.5. The predicted octanol–water partition coefficient (Wildman–Crippen LogP) is 0.947. The van der Waals surface area contributed by atoms with Crippen molar-refractivity contribution < 1.29 is 9.90 Å². The summed E-state index contributed by atoms with van der Waals surface area (Å²) in [6, 6.07) is 1.24. The molecule has 0 unspecified atom stereocenters. The summed E-state index contributed by atoms with van der Waals surface area (Å²) in [6.45, 7) is 6.02. The standard InChI is InChI=1S/C12H15N3O3/c1-12(2,3)8-6-13-15-9(16)4-7(5-10(17)18)14-11(8)15/h4,6,13H,5H2,1-3H3,(H,17,18). The SMILES string of the molecule is CC(C)(C)c1c[nH]n2c(=O)cc(CC(=O)O)nc12. The lowest BCUT2D eigenvalue weighted by Crippen LogP contribution is -2.19. The molecule has 0 aliphatic rings. The normalized spacial score (nSPS) is 11.9. The summed E-state index contributed by atoms with van der Waals surface area (Å²) < 4.78 is 1.33. The monoisotopic (exact) mass is 249 g/mol. The van der Waals surface area contributed by atoms with Crippen molar-refractivity contribution in [2.45, 2.75) is 32.6 Å². The predicted molar refractivity (Wildman–Crippen MR) is 65.9 cm³/mol. The topological polar surface area (TPSA) is 87.5 Å². The van der Waals surface area contributed by atoms with Crippen LogP contribution in [-0.4, -0.2) is 25.7 Å². The molecule has 0 atom stereocenters. The summed E-state index contributed by atoms with van der Waals surface area (Å²) in [6.07, 6.45) is 1.48. The number of rotatable bonds is 2. The van der Waals surface area contributed by atoms with E-state index in [2.05, 4.69) is 10.1 Å². The number of H-pyrrole nitrogens is 1. The van der Waals surface area contributed by atoms with Gasteiger partial charge in [-0.2, -0.15) is 0 Å². The Morgan fingerprint density at radius 1 is 1.50 bits per heavy atom. The number of nitrogens with one attached hydrogen (secondary N) is 1. The number of carbonyl (C=O) groups is 1. The number of aromatic nitrogens is 3. The van der Waals surface area contributed by atoms with Crippen LogP contribution in [0.1, 0.15) is 32.0 Å². The van der Waals surface area contributed by atoms with Crippen molar-refractivity contribution >= 4 is 11.6 Å². The molecule has 2 N–H and O–H groups in total. The molecule has 0 radical (unpaired) electrons. The molecule has 0 saturated carbocycles. The van der Waals surface area contributed by atoms with Gasteiger partial charge in [0.1, 0.15) is 0 Å². The Bertz CT molecular complexity index is 661. The van der Waals surface area contributed by atoms with Gasteiger partial charge in [0.05, 0.1) is 12.1 Å². The van der Waals surface area contributed by atoms with E-state index < -0.39 is 5.97 Å². The van der Waals surface area contributed by atoms with Crippen molar-refractivity contribution in [2.75, 3.05) is 0 Å². The van der Waals surface area contributed by atoms with Gasteiger partial charge in [-0.05, 0) is 5.41 Å². The Labute approximate surface area is 103 Å². The molecular formula is C12H15N3O3. The van der Waals surface area contributed by atoms with Crippen LogP contribution >= 0.6 is 0 Å². The van der Waals surface area contributed by atoms with E-state index in [1.54, 1.807) is 6.20 Å². The lowest BCUT2D eigenvalue weighted by Gasteiger charge is -2.16. The molecule has 2 heterocycles. The first-order chi connectivity index (χ1) is 8.29. The maximum atomic E-state index is 11.8. The average molecular weight is 249 g/mol. The molecule has 2 aromatic heterocycles. The Balaban J connectivity index is 2.68. The molecule has 18 heavy (non-hydrogen) atoms. The van der Waals surface area contributed by atoms with E-state index in [9.17, 15) is 9.59 Å². The molecule has 0 saturated heterocycles. The van der Waals surface area contributed by atoms with Crippen LogP contribution in [0, 0.1) is 0 Å². The van der Waals surface area contributed by atoms with Gasteiger partial charge in [-0.25, -0.2) is 9.50 Å². The van der Waals surface area contributed by atoms with E-state index >= 15 is 0 Å². The zero-order chi connectivity index (χ0) is 13.5.